The van der Waals surface area contributed by atoms with Gasteiger partial charge in [-0.15, -0.1) is 0 Å². The lowest BCUT2D eigenvalue weighted by Crippen LogP contribution is -2.31. The zero-order valence-corrected chi connectivity index (χ0v) is 15.8. The molecule has 7 heteroatoms. The molecule has 1 aromatic heterocycles. The highest BCUT2D eigenvalue weighted by atomic mass is 16.5. The fraction of sp³-hybridized carbons (Fsp3) is 0.190. The molecule has 3 aromatic rings. The Morgan fingerprint density at radius 2 is 1.93 bits per heavy atom. The Labute approximate surface area is 162 Å². The first-order valence-electron chi connectivity index (χ1n) is 8.93. The number of rotatable bonds is 7. The van der Waals surface area contributed by atoms with E-state index in [0.717, 1.165) is 10.9 Å². The van der Waals surface area contributed by atoms with E-state index in [2.05, 4.69) is 15.8 Å². The molecule has 0 saturated heterocycles. The first kappa shape index (κ1) is 19.2. The molecule has 144 valence electrons. The third-order valence-corrected chi connectivity index (χ3v) is 4.31. The molecular formula is C21H22N4O3. The van der Waals surface area contributed by atoms with Crippen molar-refractivity contribution in [2.24, 2.45) is 5.10 Å². The molecule has 2 aromatic carbocycles. The number of aromatic nitrogens is 1. The zero-order valence-electron chi connectivity index (χ0n) is 15.8. The van der Waals surface area contributed by atoms with Gasteiger partial charge < -0.3 is 14.6 Å². The number of fused-ring (bicyclic) bond motifs is 1. The van der Waals surface area contributed by atoms with Gasteiger partial charge >= 0.3 is 0 Å². The molecule has 0 aliphatic carbocycles. The standard InChI is InChI=1S/C21H22N4O3/c1-3-23-24-17-14-20(26)25(18-10-6-4-8-15(17)18)13-12-22-21(27)16-9-5-7-11-19(16)28-2/h3-11,14,24H,12-13H2,1-2H3,(H,22,27)/b23-3+. The van der Waals surface area contributed by atoms with Crippen molar-refractivity contribution in [2.75, 3.05) is 19.1 Å². The van der Waals surface area contributed by atoms with Crippen molar-refractivity contribution in [3.63, 3.8) is 0 Å². The first-order valence-corrected chi connectivity index (χ1v) is 8.93. The SMILES string of the molecule is C/C=N/Nc1cc(=O)n(CCNC(=O)c2ccccc2OC)c2ccccc12. The van der Waals surface area contributed by atoms with E-state index in [9.17, 15) is 9.59 Å². The molecule has 0 fully saturated rings. The molecule has 28 heavy (non-hydrogen) atoms. The molecular weight excluding hydrogens is 356 g/mol. The predicted octanol–water partition coefficient (Wildman–Crippen LogP) is 2.86. The smallest absolute Gasteiger partial charge is 0.255 e. The summed E-state index contributed by atoms with van der Waals surface area (Å²) >= 11 is 0. The normalized spacial score (nSPS) is 10.9. The Balaban J connectivity index is 1.80. The number of pyridine rings is 1. The second kappa shape index (κ2) is 8.85. The van der Waals surface area contributed by atoms with Gasteiger partial charge in [0.1, 0.15) is 5.75 Å². The molecule has 3 rings (SSSR count). The van der Waals surface area contributed by atoms with E-state index < -0.39 is 0 Å². The van der Waals surface area contributed by atoms with Gasteiger partial charge in [0.25, 0.3) is 11.5 Å². The minimum atomic E-state index is -0.245. The predicted molar refractivity (Wildman–Crippen MR) is 111 cm³/mol. The number of benzene rings is 2. The summed E-state index contributed by atoms with van der Waals surface area (Å²) in [4.78, 5) is 25.0. The van der Waals surface area contributed by atoms with Crippen molar-refractivity contribution in [1.82, 2.24) is 9.88 Å². The number of carbonyl (C=O) groups excluding carboxylic acids is 1. The monoisotopic (exact) mass is 378 g/mol. The van der Waals surface area contributed by atoms with Crippen molar-refractivity contribution in [2.45, 2.75) is 13.5 Å². The maximum absolute atomic E-state index is 12.6. The highest BCUT2D eigenvalue weighted by Crippen LogP contribution is 2.21. The number of carbonyl (C=O) groups is 1. The van der Waals surface area contributed by atoms with Crippen molar-refractivity contribution in [3.8, 4) is 5.75 Å². The fourth-order valence-corrected chi connectivity index (χ4v) is 3.00. The van der Waals surface area contributed by atoms with Gasteiger partial charge in [-0.05, 0) is 25.1 Å². The topological polar surface area (TPSA) is 84.7 Å². The minimum absolute atomic E-state index is 0.168. The largest absolute Gasteiger partial charge is 0.496 e. The molecule has 7 nitrogen and oxygen atoms in total. The molecule has 0 radical (unpaired) electrons. The Hall–Kier alpha value is -3.61. The van der Waals surface area contributed by atoms with Gasteiger partial charge in [0, 0.05) is 30.8 Å². The second-order valence-electron chi connectivity index (χ2n) is 6.02. The van der Waals surface area contributed by atoms with Gasteiger partial charge in [-0.25, -0.2) is 0 Å². The number of amides is 1. The summed E-state index contributed by atoms with van der Waals surface area (Å²) in [6.45, 7) is 2.44. The van der Waals surface area contributed by atoms with Crippen LogP contribution in [0.2, 0.25) is 0 Å². The highest BCUT2D eigenvalue weighted by Gasteiger charge is 2.12. The third-order valence-electron chi connectivity index (χ3n) is 4.31. The van der Waals surface area contributed by atoms with E-state index in [0.29, 0.717) is 30.1 Å². The van der Waals surface area contributed by atoms with E-state index in [1.54, 1.807) is 42.0 Å². The lowest BCUT2D eigenvalue weighted by Gasteiger charge is -2.14. The summed E-state index contributed by atoms with van der Waals surface area (Å²) in [6.07, 6.45) is 1.62. The van der Waals surface area contributed by atoms with Crippen LogP contribution in [0.1, 0.15) is 17.3 Å². The summed E-state index contributed by atoms with van der Waals surface area (Å²) in [5.74, 6) is 0.264. The van der Waals surface area contributed by atoms with Crippen molar-refractivity contribution < 1.29 is 9.53 Å². The number of hydrogen-bond donors (Lipinski definition) is 2. The Bertz CT molecular complexity index is 1070. The summed E-state index contributed by atoms with van der Waals surface area (Å²) in [6, 6.07) is 16.1. The maximum atomic E-state index is 12.6. The quantitative estimate of drug-likeness (QED) is 0.489. The summed E-state index contributed by atoms with van der Waals surface area (Å²) in [7, 11) is 1.52. The highest BCUT2D eigenvalue weighted by molar-refractivity contribution is 5.97. The molecule has 0 atom stereocenters. The number of nitrogens with one attached hydrogen (secondary N) is 2. The Morgan fingerprint density at radius 3 is 2.71 bits per heavy atom. The second-order valence-corrected chi connectivity index (χ2v) is 6.02. The average Bonchev–Trinajstić information content (AvgIpc) is 2.73. The lowest BCUT2D eigenvalue weighted by molar-refractivity contribution is 0.0949. The molecule has 0 aliphatic rings. The van der Waals surface area contributed by atoms with E-state index in [1.165, 1.54) is 13.2 Å². The molecule has 2 N–H and O–H groups in total. The number of nitrogens with zero attached hydrogens (tertiary/aromatic N) is 2. The van der Waals surface area contributed by atoms with E-state index in [-0.39, 0.29) is 11.5 Å². The van der Waals surface area contributed by atoms with Crippen molar-refractivity contribution >= 4 is 28.7 Å². The number of ether oxygens (including phenoxy) is 1. The fourth-order valence-electron chi connectivity index (χ4n) is 3.00. The van der Waals surface area contributed by atoms with Gasteiger partial charge in [0.15, 0.2) is 0 Å². The molecule has 0 unspecified atom stereocenters. The number of anilines is 1. The van der Waals surface area contributed by atoms with Crippen LogP contribution in [0.15, 0.2) is 64.5 Å². The van der Waals surface area contributed by atoms with Crippen LogP contribution in [-0.2, 0) is 6.54 Å². The van der Waals surface area contributed by atoms with Crippen LogP contribution in [-0.4, -0.2) is 30.3 Å². The number of para-hydroxylation sites is 2. The number of hydrogen-bond acceptors (Lipinski definition) is 5. The zero-order chi connectivity index (χ0) is 19.9. The van der Waals surface area contributed by atoms with Crippen LogP contribution in [0, 0.1) is 0 Å². The van der Waals surface area contributed by atoms with Crippen LogP contribution in [0.25, 0.3) is 10.9 Å². The number of methoxy groups -OCH3 is 1. The van der Waals surface area contributed by atoms with Crippen molar-refractivity contribution in [3.05, 3.63) is 70.5 Å². The average molecular weight is 378 g/mol. The number of hydrazone groups is 1. The lowest BCUT2D eigenvalue weighted by atomic mass is 10.1. The molecule has 0 saturated carbocycles. The van der Waals surface area contributed by atoms with Crippen molar-refractivity contribution in [1.29, 1.82) is 0 Å². The van der Waals surface area contributed by atoms with Crippen LogP contribution < -0.4 is 21.0 Å². The molecule has 0 bridgehead atoms. The molecule has 0 aliphatic heterocycles. The third kappa shape index (κ3) is 4.03. The van der Waals surface area contributed by atoms with Gasteiger partial charge in [-0.3, -0.25) is 15.0 Å². The van der Waals surface area contributed by atoms with Gasteiger partial charge in [0.05, 0.1) is 23.9 Å². The maximum Gasteiger partial charge on any atom is 0.255 e. The molecule has 1 heterocycles. The van der Waals surface area contributed by atoms with Crippen LogP contribution in [0.5, 0.6) is 5.75 Å². The van der Waals surface area contributed by atoms with Crippen LogP contribution >= 0.6 is 0 Å². The van der Waals surface area contributed by atoms with Gasteiger partial charge in [-0.1, -0.05) is 30.3 Å². The van der Waals surface area contributed by atoms with E-state index >= 15 is 0 Å². The summed E-state index contributed by atoms with van der Waals surface area (Å²) < 4.78 is 6.86. The van der Waals surface area contributed by atoms with E-state index in [4.69, 9.17) is 4.74 Å². The Morgan fingerprint density at radius 1 is 1.18 bits per heavy atom. The molecule has 1 amide bonds. The summed E-state index contributed by atoms with van der Waals surface area (Å²) in [5, 5.41) is 7.73. The first-order chi connectivity index (χ1) is 13.7. The summed E-state index contributed by atoms with van der Waals surface area (Å²) in [5.41, 5.74) is 4.60. The van der Waals surface area contributed by atoms with E-state index in [1.807, 2.05) is 24.3 Å². The molecule has 0 spiro atoms. The minimum Gasteiger partial charge on any atom is -0.496 e. The Kier molecular flexibility index (Phi) is 6.06. The van der Waals surface area contributed by atoms with Crippen LogP contribution in [0.3, 0.4) is 0 Å². The van der Waals surface area contributed by atoms with Crippen LogP contribution in [0.4, 0.5) is 5.69 Å². The van der Waals surface area contributed by atoms with Gasteiger partial charge in [0.2, 0.25) is 0 Å². The van der Waals surface area contributed by atoms with Gasteiger partial charge in [-0.2, -0.15) is 5.10 Å².